The number of hydrogen-bond donors (Lipinski definition) is 0. The summed E-state index contributed by atoms with van der Waals surface area (Å²) in [6.07, 6.45) is 5.35. The van der Waals surface area contributed by atoms with Gasteiger partial charge in [0.15, 0.2) is 0 Å². The molecule has 1 rings (SSSR count). The van der Waals surface area contributed by atoms with Crippen molar-refractivity contribution in [2.75, 3.05) is 0 Å². The predicted molar refractivity (Wildman–Crippen MR) is 55.2 cm³/mol. The van der Waals surface area contributed by atoms with E-state index in [-0.39, 0.29) is 0 Å². The molecule has 70 valence electrons. The largest absolute Gasteiger partial charge is 0.100 e. The van der Waals surface area contributed by atoms with Gasteiger partial charge in [0, 0.05) is 0 Å². The summed E-state index contributed by atoms with van der Waals surface area (Å²) in [5.74, 6) is 0. The highest BCUT2D eigenvalue weighted by Gasteiger charge is 2.39. The maximum absolute atomic E-state index is 4.01. The Morgan fingerprint density at radius 1 is 1.25 bits per heavy atom. The Bertz CT molecular complexity index is 188. The lowest BCUT2D eigenvalue weighted by Gasteiger charge is -2.26. The number of rotatable bonds is 2. The van der Waals surface area contributed by atoms with Crippen LogP contribution in [0.1, 0.15) is 53.4 Å². The highest BCUT2D eigenvalue weighted by atomic mass is 14.4. The van der Waals surface area contributed by atoms with E-state index in [9.17, 15) is 0 Å². The van der Waals surface area contributed by atoms with Crippen molar-refractivity contribution in [2.45, 2.75) is 53.4 Å². The molecule has 1 saturated carbocycles. The van der Waals surface area contributed by atoms with Gasteiger partial charge in [-0.15, -0.1) is 6.58 Å². The first kappa shape index (κ1) is 9.83. The van der Waals surface area contributed by atoms with E-state index in [4.69, 9.17) is 0 Å². The molecular formula is C12H22. The Kier molecular flexibility index (Phi) is 2.38. The zero-order valence-electron chi connectivity index (χ0n) is 9.04. The van der Waals surface area contributed by atoms with Gasteiger partial charge in [-0.1, -0.05) is 26.3 Å². The maximum atomic E-state index is 4.01. The highest BCUT2D eigenvalue weighted by molar-refractivity contribution is 5.00. The van der Waals surface area contributed by atoms with Gasteiger partial charge in [-0.05, 0) is 43.4 Å². The van der Waals surface area contributed by atoms with E-state index in [0.29, 0.717) is 10.8 Å². The smallest absolute Gasteiger partial charge is 0.0271 e. The third-order valence-electron chi connectivity index (χ3n) is 3.04. The van der Waals surface area contributed by atoms with Crippen molar-refractivity contribution in [3.05, 3.63) is 12.2 Å². The van der Waals surface area contributed by atoms with Crippen LogP contribution in [0.25, 0.3) is 0 Å². The fraction of sp³-hybridized carbons (Fsp3) is 0.833. The zero-order chi connectivity index (χ0) is 9.41. The molecule has 0 nitrogen and oxygen atoms in total. The molecule has 1 aliphatic carbocycles. The van der Waals surface area contributed by atoms with Crippen LogP contribution in [0.5, 0.6) is 0 Å². The van der Waals surface area contributed by atoms with Crippen molar-refractivity contribution in [1.82, 2.24) is 0 Å². The van der Waals surface area contributed by atoms with Crippen molar-refractivity contribution in [3.8, 4) is 0 Å². The second kappa shape index (κ2) is 2.90. The lowest BCUT2D eigenvalue weighted by molar-refractivity contribution is 0.277. The second-order valence-electron chi connectivity index (χ2n) is 5.79. The molecule has 0 aliphatic heterocycles. The van der Waals surface area contributed by atoms with Crippen LogP contribution in [0.2, 0.25) is 0 Å². The summed E-state index contributed by atoms with van der Waals surface area (Å²) in [6.45, 7) is 13.3. The van der Waals surface area contributed by atoms with Gasteiger partial charge in [-0.3, -0.25) is 0 Å². The van der Waals surface area contributed by atoms with Gasteiger partial charge in [0.1, 0.15) is 0 Å². The lowest BCUT2D eigenvalue weighted by atomic mass is 9.79. The molecule has 1 unspecified atom stereocenters. The van der Waals surface area contributed by atoms with E-state index in [2.05, 4.69) is 34.3 Å². The summed E-state index contributed by atoms with van der Waals surface area (Å²) in [5, 5.41) is 0. The maximum Gasteiger partial charge on any atom is -0.0271 e. The Morgan fingerprint density at radius 3 is 2.17 bits per heavy atom. The fourth-order valence-corrected chi connectivity index (χ4v) is 2.85. The quantitative estimate of drug-likeness (QED) is 0.540. The molecule has 1 atom stereocenters. The molecule has 1 fully saturated rings. The van der Waals surface area contributed by atoms with Crippen LogP contribution in [0.3, 0.4) is 0 Å². The van der Waals surface area contributed by atoms with Crippen molar-refractivity contribution in [1.29, 1.82) is 0 Å². The van der Waals surface area contributed by atoms with Crippen molar-refractivity contribution in [2.24, 2.45) is 10.8 Å². The molecule has 0 N–H and O–H groups in total. The third-order valence-corrected chi connectivity index (χ3v) is 3.04. The molecule has 12 heavy (non-hydrogen) atoms. The molecule has 0 aromatic heterocycles. The molecule has 0 bridgehead atoms. The van der Waals surface area contributed by atoms with Crippen LogP contribution in [0.15, 0.2) is 12.2 Å². The van der Waals surface area contributed by atoms with Gasteiger partial charge in [0.05, 0.1) is 0 Å². The van der Waals surface area contributed by atoms with Crippen LogP contribution >= 0.6 is 0 Å². The minimum Gasteiger partial charge on any atom is -0.100 e. The minimum absolute atomic E-state index is 0.551. The SMILES string of the molecule is C=C(C)CC1(C)CCC(C)(C)C1. The Labute approximate surface area is 77.1 Å². The average Bonchev–Trinajstić information content (AvgIpc) is 2.03. The van der Waals surface area contributed by atoms with E-state index in [0.717, 1.165) is 0 Å². The van der Waals surface area contributed by atoms with Gasteiger partial charge in [-0.25, -0.2) is 0 Å². The normalized spacial score (nSPS) is 33.7. The van der Waals surface area contributed by atoms with E-state index >= 15 is 0 Å². The topological polar surface area (TPSA) is 0 Å². The molecule has 0 heteroatoms. The highest BCUT2D eigenvalue weighted by Crippen LogP contribution is 2.51. The van der Waals surface area contributed by atoms with Crippen LogP contribution in [0.4, 0.5) is 0 Å². The molecule has 1 aliphatic rings. The molecule has 0 spiro atoms. The standard InChI is InChI=1S/C12H22/c1-10(2)8-12(5)7-6-11(3,4)9-12/h1,6-9H2,2-5H3. The molecule has 0 amide bonds. The van der Waals surface area contributed by atoms with Crippen LogP contribution < -0.4 is 0 Å². The van der Waals surface area contributed by atoms with Crippen LogP contribution in [-0.4, -0.2) is 0 Å². The number of allylic oxidation sites excluding steroid dienone is 1. The van der Waals surface area contributed by atoms with E-state index in [1.54, 1.807) is 0 Å². The first-order valence-electron chi connectivity index (χ1n) is 4.97. The zero-order valence-corrected chi connectivity index (χ0v) is 9.04. The van der Waals surface area contributed by atoms with Crippen LogP contribution in [0, 0.1) is 10.8 Å². The Hall–Kier alpha value is -0.260. The summed E-state index contributed by atoms with van der Waals surface area (Å²) in [7, 11) is 0. The lowest BCUT2D eigenvalue weighted by Crippen LogP contribution is -2.14. The number of hydrogen-bond acceptors (Lipinski definition) is 0. The van der Waals surface area contributed by atoms with Gasteiger partial charge in [-0.2, -0.15) is 0 Å². The fourth-order valence-electron chi connectivity index (χ4n) is 2.85. The first-order chi connectivity index (χ1) is 5.33. The Morgan fingerprint density at radius 2 is 1.83 bits per heavy atom. The van der Waals surface area contributed by atoms with Gasteiger partial charge >= 0.3 is 0 Å². The summed E-state index contributed by atoms with van der Waals surface area (Å²) < 4.78 is 0. The monoisotopic (exact) mass is 166 g/mol. The minimum atomic E-state index is 0.551. The molecular weight excluding hydrogens is 144 g/mol. The molecule has 0 heterocycles. The average molecular weight is 166 g/mol. The van der Waals surface area contributed by atoms with Gasteiger partial charge in [0.2, 0.25) is 0 Å². The molecule has 0 aromatic rings. The summed E-state index contributed by atoms with van der Waals surface area (Å²) in [5.41, 5.74) is 2.47. The second-order valence-corrected chi connectivity index (χ2v) is 5.79. The predicted octanol–water partition coefficient (Wildman–Crippen LogP) is 4.17. The van der Waals surface area contributed by atoms with E-state index in [1.807, 2.05) is 0 Å². The van der Waals surface area contributed by atoms with Crippen molar-refractivity contribution < 1.29 is 0 Å². The van der Waals surface area contributed by atoms with Gasteiger partial charge < -0.3 is 0 Å². The van der Waals surface area contributed by atoms with E-state index in [1.165, 1.54) is 31.3 Å². The first-order valence-corrected chi connectivity index (χ1v) is 4.97. The van der Waals surface area contributed by atoms with Crippen molar-refractivity contribution >= 4 is 0 Å². The summed E-state index contributed by atoms with van der Waals surface area (Å²) >= 11 is 0. The van der Waals surface area contributed by atoms with Crippen LogP contribution in [-0.2, 0) is 0 Å². The van der Waals surface area contributed by atoms with Gasteiger partial charge in [0.25, 0.3) is 0 Å². The molecule has 0 aromatic carbocycles. The van der Waals surface area contributed by atoms with E-state index < -0.39 is 0 Å². The van der Waals surface area contributed by atoms with Crippen molar-refractivity contribution in [3.63, 3.8) is 0 Å². The molecule has 0 radical (unpaired) electrons. The summed E-state index contributed by atoms with van der Waals surface area (Å²) in [4.78, 5) is 0. The summed E-state index contributed by atoms with van der Waals surface area (Å²) in [6, 6.07) is 0. The molecule has 0 saturated heterocycles. The Balaban J connectivity index is 2.58. The third kappa shape index (κ3) is 2.36.